The van der Waals surface area contributed by atoms with Gasteiger partial charge < -0.3 is 15.8 Å². The van der Waals surface area contributed by atoms with Crippen molar-refractivity contribution in [2.45, 2.75) is 31.7 Å². The van der Waals surface area contributed by atoms with Gasteiger partial charge in [0.25, 0.3) is 0 Å². The summed E-state index contributed by atoms with van der Waals surface area (Å²) in [4.78, 5) is 14.0. The minimum atomic E-state index is -4.94. The van der Waals surface area contributed by atoms with E-state index in [1.165, 1.54) is 29.3 Å². The van der Waals surface area contributed by atoms with Gasteiger partial charge in [0.15, 0.2) is 0 Å². The summed E-state index contributed by atoms with van der Waals surface area (Å²) < 4.78 is 34.0. The second kappa shape index (κ2) is 11.5. The first-order valence-corrected chi connectivity index (χ1v) is 11.5. The van der Waals surface area contributed by atoms with Crippen LogP contribution in [0.25, 0.3) is 10.9 Å². The molecule has 4 N–H and O–H groups in total. The maximum atomic E-state index is 10.7. The summed E-state index contributed by atoms with van der Waals surface area (Å²) in [5.74, 6) is 1.19. The second-order valence-electron chi connectivity index (χ2n) is 6.12. The van der Waals surface area contributed by atoms with E-state index in [1.807, 2.05) is 6.07 Å². The fourth-order valence-corrected chi connectivity index (χ4v) is 4.11. The van der Waals surface area contributed by atoms with Crippen LogP contribution in [0.15, 0.2) is 30.5 Å². The Hall–Kier alpha value is -1.33. The molecule has 8 nitrogen and oxygen atoms in total. The summed E-state index contributed by atoms with van der Waals surface area (Å²) in [6.07, 6.45) is 8.35. The van der Waals surface area contributed by atoms with Crippen molar-refractivity contribution in [1.82, 2.24) is 4.98 Å². The standard InChI is InChI=1S/C17H24N2O2S.ClHO4/c1-22(11-9-15(18)17(20)21)10-5-4-6-13-12-19-16-8-3-2-7-14(13)16;2-1(3,4)5/h2-3,7-8,12,15,19H,4-6,9-11,18H2,1H3;(H,2,3,4,5). The Morgan fingerprint density at radius 3 is 2.48 bits per heavy atom. The summed E-state index contributed by atoms with van der Waals surface area (Å²) in [6, 6.07) is 7.69. The number of H-pyrrole nitrogens is 1. The summed E-state index contributed by atoms with van der Waals surface area (Å²) in [5.41, 5.74) is 8.13. The summed E-state index contributed by atoms with van der Waals surface area (Å²) in [7, 11) is -4.68. The van der Waals surface area contributed by atoms with Gasteiger partial charge in [0, 0.05) is 23.5 Å². The molecule has 2 unspecified atom stereocenters. The van der Waals surface area contributed by atoms with E-state index in [0.717, 1.165) is 17.9 Å². The first-order valence-electron chi connectivity index (χ1n) is 8.32. The molecule has 0 fully saturated rings. The van der Waals surface area contributed by atoms with Gasteiger partial charge in [-0.25, -0.2) is 18.6 Å². The van der Waals surface area contributed by atoms with Gasteiger partial charge in [-0.3, -0.25) is 4.79 Å². The molecule has 0 saturated heterocycles. The van der Waals surface area contributed by atoms with Crippen molar-refractivity contribution in [2.24, 2.45) is 5.73 Å². The Balaban J connectivity index is 0.000000646. The Morgan fingerprint density at radius 1 is 1.22 bits per heavy atom. The third-order valence-electron chi connectivity index (χ3n) is 3.96. The Labute approximate surface area is 163 Å². The predicted octanol–water partition coefficient (Wildman–Crippen LogP) is -2.22. The molecule has 0 aliphatic heterocycles. The van der Waals surface area contributed by atoms with Crippen molar-refractivity contribution in [2.75, 3.05) is 17.8 Å². The fraction of sp³-hybridized carbons (Fsp3) is 0.471. The van der Waals surface area contributed by atoms with Crippen LogP contribution in [0, 0.1) is 10.2 Å². The first kappa shape index (κ1) is 23.7. The lowest BCUT2D eigenvalue weighted by Gasteiger charge is -2.17. The van der Waals surface area contributed by atoms with Crippen LogP contribution in [0.1, 0.15) is 24.8 Å². The molecule has 0 aliphatic rings. The van der Waals surface area contributed by atoms with E-state index in [9.17, 15) is 4.79 Å². The van der Waals surface area contributed by atoms with Crippen LogP contribution >= 0.6 is 0 Å². The zero-order valence-corrected chi connectivity index (χ0v) is 16.6. The van der Waals surface area contributed by atoms with Crippen LogP contribution in [-0.2, 0) is 22.1 Å². The lowest BCUT2D eigenvalue weighted by Crippen LogP contribution is -2.68. The number of carboxylic acids is 1. The van der Waals surface area contributed by atoms with Gasteiger partial charge in [-0.1, -0.05) is 18.2 Å². The van der Waals surface area contributed by atoms with Crippen molar-refractivity contribution < 1.29 is 38.8 Å². The third kappa shape index (κ3) is 10.5. The largest absolute Gasteiger partial charge is 0.480 e. The number of carboxylic acid groups (broad SMARTS) is 1. The number of carbonyl (C=O) groups is 1. The van der Waals surface area contributed by atoms with Gasteiger partial charge in [0.2, 0.25) is 0 Å². The maximum Gasteiger partial charge on any atom is 0.320 e. The van der Waals surface area contributed by atoms with Gasteiger partial charge in [0.1, 0.15) is 17.5 Å². The van der Waals surface area contributed by atoms with Crippen molar-refractivity contribution in [3.63, 3.8) is 0 Å². The molecule has 0 radical (unpaired) electrons. The fourth-order valence-electron chi connectivity index (χ4n) is 2.56. The predicted molar refractivity (Wildman–Crippen MR) is 94.5 cm³/mol. The molecule has 1 aromatic carbocycles. The maximum absolute atomic E-state index is 10.7. The minimum Gasteiger partial charge on any atom is -0.480 e. The molecule has 2 atom stereocenters. The zero-order valence-electron chi connectivity index (χ0n) is 15.1. The van der Waals surface area contributed by atoms with Gasteiger partial charge in [-0.15, -0.1) is 10.2 Å². The van der Waals surface area contributed by atoms with E-state index in [-0.39, 0.29) is 10.9 Å². The monoisotopic (exact) mass is 420 g/mol. The molecule has 2 rings (SSSR count). The average Bonchev–Trinajstić information content (AvgIpc) is 2.98. The molecule has 2 aromatic rings. The molecule has 1 aromatic heterocycles. The Kier molecular flexibility index (Phi) is 10.1. The van der Waals surface area contributed by atoms with Crippen LogP contribution in [0.4, 0.5) is 0 Å². The molecule has 0 saturated carbocycles. The van der Waals surface area contributed by atoms with E-state index in [1.54, 1.807) is 0 Å². The quantitative estimate of drug-likeness (QED) is 0.304. The molecular formula is C17H25ClN2O6S. The van der Waals surface area contributed by atoms with E-state index < -0.39 is 22.3 Å². The van der Waals surface area contributed by atoms with Crippen LogP contribution < -0.4 is 24.4 Å². The molecule has 0 bridgehead atoms. The van der Waals surface area contributed by atoms with Crippen molar-refractivity contribution in [1.29, 1.82) is 0 Å². The number of nitrogens with two attached hydrogens (primary N) is 1. The highest BCUT2D eigenvalue weighted by molar-refractivity contribution is 7.96. The number of aryl methyl sites for hydroxylation is 1. The number of halogens is 1. The number of aromatic nitrogens is 1. The van der Waals surface area contributed by atoms with Gasteiger partial charge in [-0.05, 0) is 41.8 Å². The first-order chi connectivity index (χ1) is 12.6. The number of benzene rings is 1. The second-order valence-corrected chi connectivity index (χ2v) is 9.25. The number of rotatable bonds is 9. The topological polar surface area (TPSA) is 171 Å². The highest BCUT2D eigenvalue weighted by Crippen LogP contribution is 2.19. The third-order valence-corrected chi connectivity index (χ3v) is 5.88. The number of aromatic amines is 1. The number of aliphatic carboxylic acids is 1. The SMILES string of the molecule is C[S+](CCCCc1c[nH]c2ccccc12)CCC(N)C(=O)O.[O-][Cl+3]([O-])([O-])[O-]. The van der Waals surface area contributed by atoms with E-state index >= 15 is 0 Å². The minimum absolute atomic E-state index is 0.266. The Bertz CT molecular complexity index is 700. The van der Waals surface area contributed by atoms with Crippen LogP contribution in [-0.4, -0.2) is 39.9 Å². The smallest absolute Gasteiger partial charge is 0.320 e. The summed E-state index contributed by atoms with van der Waals surface area (Å²) >= 11 is 0. The normalized spacial score (nSPS) is 13.7. The molecule has 0 aliphatic carbocycles. The van der Waals surface area contributed by atoms with Gasteiger partial charge in [-0.2, -0.15) is 0 Å². The summed E-state index contributed by atoms with van der Waals surface area (Å²) in [5, 5.41) is 10.1. The highest BCUT2D eigenvalue weighted by atomic mass is 35.7. The molecular weight excluding hydrogens is 396 g/mol. The number of hydrogen-bond acceptors (Lipinski definition) is 6. The lowest BCUT2D eigenvalue weighted by atomic mass is 10.1. The van der Waals surface area contributed by atoms with Crippen LogP contribution in [0.3, 0.4) is 0 Å². The molecule has 152 valence electrons. The zero-order chi connectivity index (χ0) is 20.4. The van der Waals surface area contributed by atoms with Gasteiger partial charge in [0.05, 0.1) is 6.26 Å². The average molecular weight is 421 g/mol. The van der Waals surface area contributed by atoms with Crippen molar-refractivity contribution in [3.8, 4) is 0 Å². The lowest BCUT2D eigenvalue weighted by molar-refractivity contribution is -2.00. The number of para-hydroxylation sites is 1. The molecule has 1 heterocycles. The molecule has 10 heteroatoms. The number of unbranched alkanes of at least 4 members (excludes halogenated alkanes) is 1. The molecule has 27 heavy (non-hydrogen) atoms. The van der Waals surface area contributed by atoms with E-state index in [0.29, 0.717) is 6.42 Å². The van der Waals surface area contributed by atoms with Gasteiger partial charge >= 0.3 is 5.97 Å². The summed E-state index contributed by atoms with van der Waals surface area (Å²) in [6.45, 7) is 0. The van der Waals surface area contributed by atoms with E-state index in [4.69, 9.17) is 29.5 Å². The highest BCUT2D eigenvalue weighted by Gasteiger charge is 2.17. The van der Waals surface area contributed by atoms with E-state index in [2.05, 4.69) is 35.6 Å². The number of hydrogen-bond donors (Lipinski definition) is 3. The van der Waals surface area contributed by atoms with Crippen molar-refractivity contribution in [3.05, 3.63) is 36.0 Å². The number of nitrogens with one attached hydrogen (secondary N) is 1. The number of fused-ring (bicyclic) bond motifs is 1. The molecule has 0 amide bonds. The van der Waals surface area contributed by atoms with Crippen LogP contribution in [0.2, 0.25) is 0 Å². The van der Waals surface area contributed by atoms with Crippen molar-refractivity contribution >= 4 is 27.8 Å². The molecule has 0 spiro atoms. The Morgan fingerprint density at radius 2 is 1.85 bits per heavy atom. The van der Waals surface area contributed by atoms with Crippen LogP contribution in [0.5, 0.6) is 0 Å².